The van der Waals surface area contributed by atoms with E-state index >= 15 is 0 Å². The highest BCUT2D eigenvalue weighted by Gasteiger charge is 2.46. The summed E-state index contributed by atoms with van der Waals surface area (Å²) in [6.07, 6.45) is 6.44. The predicted octanol–water partition coefficient (Wildman–Crippen LogP) is 1.69. The molecule has 29 heavy (non-hydrogen) atoms. The van der Waals surface area contributed by atoms with E-state index in [0.717, 1.165) is 51.6 Å². The van der Waals surface area contributed by atoms with Gasteiger partial charge in [0.15, 0.2) is 0 Å². The molecule has 4 aliphatic rings. The van der Waals surface area contributed by atoms with E-state index in [-0.39, 0.29) is 35.9 Å². The lowest BCUT2D eigenvalue weighted by Gasteiger charge is -2.37. The van der Waals surface area contributed by atoms with Gasteiger partial charge in [0.1, 0.15) is 6.17 Å². The lowest BCUT2D eigenvalue weighted by Crippen LogP contribution is -2.51. The van der Waals surface area contributed by atoms with Gasteiger partial charge in [0.25, 0.3) is 0 Å². The van der Waals surface area contributed by atoms with Crippen LogP contribution in [0.3, 0.4) is 0 Å². The molecule has 2 saturated heterocycles. The smallest absolute Gasteiger partial charge is 0.237 e. The zero-order valence-corrected chi connectivity index (χ0v) is 17.9. The molecule has 164 valence electrons. The van der Waals surface area contributed by atoms with E-state index in [0.29, 0.717) is 31.3 Å². The molecule has 0 spiro atoms. The Kier molecular flexibility index (Phi) is 6.44. The largest absolute Gasteiger partial charge is 0.352 e. The zero-order valence-electron chi connectivity index (χ0n) is 17.9. The van der Waals surface area contributed by atoms with Crippen molar-refractivity contribution in [2.45, 2.75) is 88.6 Å². The summed E-state index contributed by atoms with van der Waals surface area (Å²) in [6.45, 7) is 4.43. The topological polar surface area (TPSA) is 64.7 Å². The summed E-state index contributed by atoms with van der Waals surface area (Å²) in [4.78, 5) is 29.3. The number of hydrogen-bond acceptors (Lipinski definition) is 4. The molecule has 0 aromatic heterocycles. The monoisotopic (exact) mass is 408 g/mol. The number of carbonyl (C=O) groups is 2. The van der Waals surface area contributed by atoms with Crippen molar-refractivity contribution in [2.24, 2.45) is 11.8 Å². The van der Waals surface area contributed by atoms with Crippen LogP contribution in [0.2, 0.25) is 0 Å². The van der Waals surface area contributed by atoms with Crippen LogP contribution in [0.4, 0.5) is 4.39 Å². The Morgan fingerprint density at radius 3 is 2.76 bits per heavy atom. The minimum atomic E-state index is -0.778. The van der Waals surface area contributed by atoms with E-state index in [1.807, 2.05) is 11.9 Å². The molecular formula is C22H37FN4O2. The van der Waals surface area contributed by atoms with Gasteiger partial charge in [-0.15, -0.1) is 0 Å². The summed E-state index contributed by atoms with van der Waals surface area (Å²) in [7, 11) is 1.88. The van der Waals surface area contributed by atoms with Gasteiger partial charge in [-0.2, -0.15) is 0 Å². The van der Waals surface area contributed by atoms with E-state index < -0.39 is 6.17 Å². The van der Waals surface area contributed by atoms with Gasteiger partial charge in [-0.25, -0.2) is 4.39 Å². The third-order valence-corrected chi connectivity index (χ3v) is 7.87. The number of carbonyl (C=O) groups excluding carboxylic acids is 2. The summed E-state index contributed by atoms with van der Waals surface area (Å²) in [5, 5.41) is 6.70. The molecule has 5 unspecified atom stereocenters. The molecule has 7 heteroatoms. The molecule has 7 atom stereocenters. The first kappa shape index (κ1) is 21.0. The van der Waals surface area contributed by atoms with Crippen LogP contribution in [0, 0.1) is 11.8 Å². The normalized spacial score (nSPS) is 41.7. The average Bonchev–Trinajstić information content (AvgIpc) is 3.10. The number of fused-ring (bicyclic) bond motifs is 1. The number of likely N-dealkylation sites (N-methyl/N-ethyl adjacent to an activating group) is 1. The van der Waals surface area contributed by atoms with Crippen molar-refractivity contribution in [3.8, 4) is 0 Å². The number of alkyl halides is 1. The van der Waals surface area contributed by atoms with Gasteiger partial charge >= 0.3 is 0 Å². The van der Waals surface area contributed by atoms with Gasteiger partial charge in [-0.05, 0) is 57.3 Å². The molecule has 0 radical (unpaired) electrons. The molecule has 4 fully saturated rings. The van der Waals surface area contributed by atoms with Gasteiger partial charge in [-0.3, -0.25) is 14.5 Å². The minimum Gasteiger partial charge on any atom is -0.352 e. The molecule has 2 saturated carbocycles. The van der Waals surface area contributed by atoms with Gasteiger partial charge in [0, 0.05) is 44.2 Å². The maximum absolute atomic E-state index is 14.3. The molecule has 2 heterocycles. The summed E-state index contributed by atoms with van der Waals surface area (Å²) >= 11 is 0. The second-order valence-electron chi connectivity index (χ2n) is 9.88. The average molecular weight is 409 g/mol. The summed E-state index contributed by atoms with van der Waals surface area (Å²) in [6, 6.07) is 0.380. The van der Waals surface area contributed by atoms with Crippen LogP contribution < -0.4 is 10.6 Å². The van der Waals surface area contributed by atoms with Crippen LogP contribution in [0.25, 0.3) is 0 Å². The Morgan fingerprint density at radius 1 is 1.14 bits per heavy atom. The number of rotatable bonds is 3. The predicted molar refractivity (Wildman–Crippen MR) is 110 cm³/mol. The third kappa shape index (κ3) is 4.61. The van der Waals surface area contributed by atoms with Crippen molar-refractivity contribution in [3.05, 3.63) is 0 Å². The second kappa shape index (κ2) is 8.88. The number of hydrogen-bond donors (Lipinski definition) is 2. The van der Waals surface area contributed by atoms with E-state index in [2.05, 4.69) is 22.5 Å². The standard InChI is InChI=1S/C22H37FN4O2/c1-14-7-8-18(23)17-12-19(25-21(14)17)22(29)24-15-5-3-6-16(11-15)27-10-4-9-26(2)20(28)13-27/h14-19,21,25H,3-13H2,1-2H3,(H,24,29)/t14?,15-,16-,17?,18?,19?,21?/m0/s1. The van der Waals surface area contributed by atoms with Crippen molar-refractivity contribution >= 4 is 11.8 Å². The van der Waals surface area contributed by atoms with Crippen molar-refractivity contribution in [2.75, 3.05) is 26.7 Å². The SMILES string of the molecule is CC1CCC(F)C2CC(C(=O)N[C@H]3CCC[C@H](N4CCCN(C)C(=O)C4)C3)NC12. The van der Waals surface area contributed by atoms with Crippen molar-refractivity contribution in [1.29, 1.82) is 0 Å². The Labute approximate surface area is 173 Å². The van der Waals surface area contributed by atoms with Crippen LogP contribution >= 0.6 is 0 Å². The highest BCUT2D eigenvalue weighted by atomic mass is 19.1. The lowest BCUT2D eigenvalue weighted by atomic mass is 9.77. The number of nitrogens with zero attached hydrogens (tertiary/aromatic N) is 2. The quantitative estimate of drug-likeness (QED) is 0.746. The van der Waals surface area contributed by atoms with Gasteiger partial charge in [0.05, 0.1) is 12.6 Å². The Balaban J connectivity index is 1.31. The molecular weight excluding hydrogens is 371 g/mol. The van der Waals surface area contributed by atoms with E-state index in [9.17, 15) is 14.0 Å². The molecule has 0 bridgehead atoms. The van der Waals surface area contributed by atoms with Gasteiger partial charge in [-0.1, -0.05) is 6.92 Å². The van der Waals surface area contributed by atoms with Crippen LogP contribution in [-0.2, 0) is 9.59 Å². The summed E-state index contributed by atoms with van der Waals surface area (Å²) in [5.74, 6) is 0.647. The number of nitrogens with one attached hydrogen (secondary N) is 2. The molecule has 0 aromatic carbocycles. The molecule has 2 amide bonds. The first-order valence-electron chi connectivity index (χ1n) is 11.6. The molecule has 2 aliphatic carbocycles. The molecule has 0 aromatic rings. The van der Waals surface area contributed by atoms with E-state index in [1.165, 1.54) is 0 Å². The van der Waals surface area contributed by atoms with Gasteiger partial charge < -0.3 is 15.5 Å². The van der Waals surface area contributed by atoms with E-state index in [1.54, 1.807) is 0 Å². The fourth-order valence-electron chi connectivity index (χ4n) is 6.05. The van der Waals surface area contributed by atoms with Crippen molar-refractivity contribution in [1.82, 2.24) is 20.4 Å². The highest BCUT2D eigenvalue weighted by molar-refractivity contribution is 5.82. The Hall–Kier alpha value is -1.21. The van der Waals surface area contributed by atoms with Crippen LogP contribution in [0.5, 0.6) is 0 Å². The third-order valence-electron chi connectivity index (χ3n) is 7.87. The fraction of sp³-hybridized carbons (Fsp3) is 0.909. The molecule has 6 nitrogen and oxygen atoms in total. The maximum Gasteiger partial charge on any atom is 0.237 e. The van der Waals surface area contributed by atoms with Crippen molar-refractivity contribution < 1.29 is 14.0 Å². The maximum atomic E-state index is 14.3. The van der Waals surface area contributed by atoms with Gasteiger partial charge in [0.2, 0.25) is 11.8 Å². The minimum absolute atomic E-state index is 0.0197. The second-order valence-corrected chi connectivity index (χ2v) is 9.88. The zero-order chi connectivity index (χ0) is 20.5. The molecule has 2 aliphatic heterocycles. The number of amides is 2. The first-order valence-corrected chi connectivity index (χ1v) is 11.6. The molecule has 2 N–H and O–H groups in total. The number of halogens is 1. The summed E-state index contributed by atoms with van der Waals surface area (Å²) < 4.78 is 14.3. The lowest BCUT2D eigenvalue weighted by molar-refractivity contribution is -0.130. The van der Waals surface area contributed by atoms with Crippen LogP contribution in [-0.4, -0.2) is 78.6 Å². The fourth-order valence-corrected chi connectivity index (χ4v) is 6.05. The molecule has 4 rings (SSSR count). The van der Waals surface area contributed by atoms with E-state index in [4.69, 9.17) is 0 Å². The van der Waals surface area contributed by atoms with Crippen LogP contribution in [0.1, 0.15) is 58.3 Å². The Bertz CT molecular complexity index is 600. The van der Waals surface area contributed by atoms with Crippen molar-refractivity contribution in [3.63, 3.8) is 0 Å². The highest BCUT2D eigenvalue weighted by Crippen LogP contribution is 2.38. The Morgan fingerprint density at radius 2 is 1.97 bits per heavy atom. The summed E-state index contributed by atoms with van der Waals surface area (Å²) in [5.41, 5.74) is 0. The van der Waals surface area contributed by atoms with Crippen LogP contribution in [0.15, 0.2) is 0 Å². The first-order chi connectivity index (χ1) is 13.9.